The third-order valence-electron chi connectivity index (χ3n) is 2.34. The number of hydrogen-bond donors (Lipinski definition) is 0. The van der Waals surface area contributed by atoms with Gasteiger partial charge in [-0.3, -0.25) is 9.97 Å². The second-order valence-corrected chi connectivity index (χ2v) is 3.22. The molecule has 0 aliphatic carbocycles. The summed E-state index contributed by atoms with van der Waals surface area (Å²) in [6.45, 7) is 8.00. The van der Waals surface area contributed by atoms with Gasteiger partial charge in [0.2, 0.25) is 0 Å². The van der Waals surface area contributed by atoms with Crippen molar-refractivity contribution < 1.29 is 16.5 Å². The minimum absolute atomic E-state index is 0. The van der Waals surface area contributed by atoms with E-state index in [1.54, 1.807) is 12.4 Å². The zero-order valence-electron chi connectivity index (χ0n) is 13.8. The second-order valence-electron chi connectivity index (χ2n) is 3.22. The van der Waals surface area contributed by atoms with Crippen molar-refractivity contribution in [2.75, 3.05) is 0 Å². The van der Waals surface area contributed by atoms with Gasteiger partial charge >= 0.3 is 16.5 Å². The molecule has 126 valence electrons. The first-order valence-electron chi connectivity index (χ1n) is 6.53. The molecule has 3 rings (SSSR count). The Morgan fingerprint density at radius 1 is 0.636 bits per heavy atom. The molecular weight excluding hydrogens is 315 g/mol. The first-order chi connectivity index (χ1) is 8.95. The first-order valence-corrected chi connectivity index (χ1v) is 6.53. The van der Waals surface area contributed by atoms with E-state index in [1.807, 2.05) is 39.8 Å². The number of rotatable bonds is 0. The zero-order valence-corrected chi connectivity index (χ0v) is 14.8. The van der Waals surface area contributed by atoms with Crippen LogP contribution in [0.4, 0.5) is 0 Å². The topological polar surface area (TPSA) is 25.8 Å². The Morgan fingerprint density at radius 3 is 1.27 bits per heavy atom. The molecule has 0 N–H and O–H groups in total. The Balaban J connectivity index is -0.000000189. The maximum Gasteiger partial charge on any atom is 2.00 e. The van der Waals surface area contributed by atoms with Crippen molar-refractivity contribution in [3.05, 3.63) is 63.6 Å². The van der Waals surface area contributed by atoms with Crippen molar-refractivity contribution in [3.8, 4) is 0 Å². The normalized spacial score (nSPS) is 7.45. The molecule has 0 atom stereocenters. The Hall–Kier alpha value is -1.47. The van der Waals surface area contributed by atoms with Gasteiger partial charge in [0, 0.05) is 23.2 Å². The molecule has 0 amide bonds. The van der Waals surface area contributed by atoms with Crippen LogP contribution in [0.15, 0.2) is 48.8 Å². The second kappa shape index (κ2) is 15.9. The molecule has 0 saturated carbocycles. The van der Waals surface area contributed by atoms with Gasteiger partial charge in [0.25, 0.3) is 0 Å². The van der Waals surface area contributed by atoms with E-state index in [9.17, 15) is 0 Å². The van der Waals surface area contributed by atoms with E-state index >= 15 is 0 Å². The standard InChI is InChI=1S/C12H8N2.2C2H6.CH4.2CH3.Ni/c1-3-9-5-6-10-4-2-8-14-12(10)11(9)13-7-1;2*1-2;;;;/h1-8H;2*1-2H3;1H4;2*1H3;/q;;;;2*-1;+2. The average molecular weight is 345 g/mol. The molecule has 0 radical (unpaired) electrons. The van der Waals surface area contributed by atoms with Gasteiger partial charge in [-0.15, -0.1) is 0 Å². The number of hydrogen-bond acceptors (Lipinski definition) is 2. The summed E-state index contributed by atoms with van der Waals surface area (Å²) in [5, 5.41) is 2.28. The van der Waals surface area contributed by atoms with Crippen LogP contribution in [0.3, 0.4) is 0 Å². The van der Waals surface area contributed by atoms with Gasteiger partial charge in [-0.1, -0.05) is 59.4 Å². The van der Waals surface area contributed by atoms with Gasteiger partial charge in [0.05, 0.1) is 11.0 Å². The number of fused-ring (bicyclic) bond motifs is 3. The molecule has 2 heterocycles. The molecule has 0 spiro atoms. The van der Waals surface area contributed by atoms with E-state index in [1.165, 1.54) is 0 Å². The fraction of sp³-hybridized carbons (Fsp3) is 0.263. The van der Waals surface area contributed by atoms with Gasteiger partial charge in [-0.05, 0) is 12.1 Å². The third-order valence-corrected chi connectivity index (χ3v) is 2.34. The number of benzene rings is 1. The van der Waals surface area contributed by atoms with Crippen LogP contribution in [0.2, 0.25) is 0 Å². The predicted molar refractivity (Wildman–Crippen MR) is 99.3 cm³/mol. The molecule has 0 fully saturated rings. The minimum Gasteiger partial charge on any atom is -0.358 e. The van der Waals surface area contributed by atoms with Crippen molar-refractivity contribution in [1.29, 1.82) is 0 Å². The van der Waals surface area contributed by atoms with Crippen LogP contribution >= 0.6 is 0 Å². The molecule has 3 heteroatoms. The summed E-state index contributed by atoms with van der Waals surface area (Å²) < 4.78 is 0. The molecular formula is C19H30N2Ni. The molecule has 0 aliphatic rings. The smallest absolute Gasteiger partial charge is 0.358 e. The van der Waals surface area contributed by atoms with E-state index in [0.29, 0.717) is 0 Å². The Kier molecular flexibility index (Phi) is 20.7. The Morgan fingerprint density at radius 2 is 0.955 bits per heavy atom. The molecule has 2 aromatic heterocycles. The van der Waals surface area contributed by atoms with Gasteiger partial charge in [0.15, 0.2) is 0 Å². The van der Waals surface area contributed by atoms with Crippen molar-refractivity contribution >= 4 is 21.8 Å². The van der Waals surface area contributed by atoms with Crippen LogP contribution in [0.25, 0.3) is 21.8 Å². The van der Waals surface area contributed by atoms with E-state index < -0.39 is 0 Å². The van der Waals surface area contributed by atoms with Crippen LogP contribution in [-0.4, -0.2) is 9.97 Å². The minimum atomic E-state index is 0. The summed E-state index contributed by atoms with van der Waals surface area (Å²) in [7, 11) is 0. The van der Waals surface area contributed by atoms with Gasteiger partial charge < -0.3 is 14.9 Å². The van der Waals surface area contributed by atoms with Gasteiger partial charge in [0.1, 0.15) is 0 Å². The maximum absolute atomic E-state index is 4.35. The fourth-order valence-electron chi connectivity index (χ4n) is 1.68. The first kappa shape index (κ1) is 28.7. The molecule has 0 bridgehead atoms. The summed E-state index contributed by atoms with van der Waals surface area (Å²) in [4.78, 5) is 8.69. The SMILES string of the molecule is C.CC.CC.[CH3-].[CH3-].[Ni+2].c1cnc2c(c1)ccc1cccnc12. The Labute approximate surface area is 147 Å². The summed E-state index contributed by atoms with van der Waals surface area (Å²) >= 11 is 0. The summed E-state index contributed by atoms with van der Waals surface area (Å²) in [5.74, 6) is 0. The number of nitrogens with zero attached hydrogens (tertiary/aromatic N) is 2. The van der Waals surface area contributed by atoms with Crippen molar-refractivity contribution in [2.24, 2.45) is 0 Å². The fourth-order valence-corrected chi connectivity index (χ4v) is 1.68. The van der Waals surface area contributed by atoms with Gasteiger partial charge in [-0.25, -0.2) is 0 Å². The quantitative estimate of drug-likeness (QED) is 0.269. The van der Waals surface area contributed by atoms with E-state index in [4.69, 9.17) is 0 Å². The van der Waals surface area contributed by atoms with Crippen LogP contribution in [0.1, 0.15) is 35.1 Å². The van der Waals surface area contributed by atoms with E-state index in [2.05, 4.69) is 34.2 Å². The summed E-state index contributed by atoms with van der Waals surface area (Å²) in [6, 6.07) is 12.1. The number of pyridine rings is 2. The van der Waals surface area contributed by atoms with Crippen LogP contribution in [-0.2, 0) is 16.5 Å². The van der Waals surface area contributed by atoms with Crippen molar-refractivity contribution in [1.82, 2.24) is 9.97 Å². The summed E-state index contributed by atoms with van der Waals surface area (Å²) in [5.41, 5.74) is 1.95. The van der Waals surface area contributed by atoms with E-state index in [-0.39, 0.29) is 38.8 Å². The monoisotopic (exact) mass is 344 g/mol. The largest absolute Gasteiger partial charge is 2.00 e. The maximum atomic E-state index is 4.35. The zero-order chi connectivity index (χ0) is 13.4. The molecule has 2 nitrogen and oxygen atoms in total. The number of aromatic nitrogens is 2. The van der Waals surface area contributed by atoms with Gasteiger partial charge in [-0.2, -0.15) is 0 Å². The molecule has 0 unspecified atom stereocenters. The third kappa shape index (κ3) is 6.53. The molecule has 0 aliphatic heterocycles. The summed E-state index contributed by atoms with van der Waals surface area (Å²) in [6.07, 6.45) is 3.60. The molecule has 1 aromatic carbocycles. The molecule has 3 aromatic rings. The van der Waals surface area contributed by atoms with E-state index in [0.717, 1.165) is 21.8 Å². The van der Waals surface area contributed by atoms with Crippen LogP contribution in [0, 0.1) is 14.9 Å². The Bertz CT molecular complexity index is 554. The van der Waals surface area contributed by atoms with Crippen LogP contribution < -0.4 is 0 Å². The van der Waals surface area contributed by atoms with Crippen molar-refractivity contribution in [3.63, 3.8) is 0 Å². The molecule has 22 heavy (non-hydrogen) atoms. The molecule has 0 saturated heterocycles. The van der Waals surface area contributed by atoms with Crippen molar-refractivity contribution in [2.45, 2.75) is 35.1 Å². The predicted octanol–water partition coefficient (Wildman–Crippen LogP) is 6.37. The van der Waals surface area contributed by atoms with Crippen LogP contribution in [0.5, 0.6) is 0 Å². The average Bonchev–Trinajstić information content (AvgIpc) is 2.51.